The molecular weight excluding hydrogens is 616 g/mol. The van der Waals surface area contributed by atoms with Crippen LogP contribution >= 0.6 is 11.6 Å². The number of aromatic nitrogens is 4. The number of nitrogens with two attached hydrogens (primary N) is 1. The van der Waals surface area contributed by atoms with E-state index in [9.17, 15) is 0 Å². The highest BCUT2D eigenvalue weighted by molar-refractivity contribution is 6.34. The van der Waals surface area contributed by atoms with Crippen molar-refractivity contribution in [3.05, 3.63) is 114 Å². The maximum atomic E-state index is 5.93. The minimum absolute atomic E-state index is 0. The van der Waals surface area contributed by atoms with Crippen LogP contribution in [0.1, 0.15) is 38.8 Å². The van der Waals surface area contributed by atoms with Gasteiger partial charge in [0.2, 0.25) is 0 Å². The molecule has 0 amide bonds. The summed E-state index contributed by atoms with van der Waals surface area (Å²) >= 11 is 5.93. The Labute approximate surface area is 282 Å². The monoisotopic (exact) mass is 662 g/mol. The van der Waals surface area contributed by atoms with E-state index in [0.29, 0.717) is 16.7 Å². The van der Waals surface area contributed by atoms with E-state index >= 15 is 0 Å². The van der Waals surface area contributed by atoms with Gasteiger partial charge in [0.25, 0.3) is 0 Å². The number of hydrogen-bond acceptors (Lipinski definition) is 8. The zero-order chi connectivity index (χ0) is 33.2. The molecule has 2 heterocycles. The van der Waals surface area contributed by atoms with Gasteiger partial charge in [0, 0.05) is 28.2 Å². The zero-order valence-electron chi connectivity index (χ0n) is 28.3. The summed E-state index contributed by atoms with van der Waals surface area (Å²) in [4.78, 5) is 16.7. The molecule has 0 fully saturated rings. The van der Waals surface area contributed by atoms with Gasteiger partial charge in [0.15, 0.2) is 11.5 Å². The average Bonchev–Trinajstić information content (AvgIpc) is 3.08. The number of ether oxygens (including phenoxy) is 2. The molecule has 0 aliphatic carbocycles. The first-order valence-electron chi connectivity index (χ1n) is 14.8. The normalized spacial score (nSPS) is 9.13. The fourth-order valence-corrected chi connectivity index (χ4v) is 4.07. The van der Waals surface area contributed by atoms with Crippen molar-refractivity contribution in [2.24, 2.45) is 0 Å². The topological polar surface area (TPSA) is 171 Å². The fraction of sp³-hybridized carbons (Fsp3) is 0.222. The van der Waals surface area contributed by atoms with Crippen molar-refractivity contribution >= 4 is 50.6 Å². The van der Waals surface area contributed by atoms with Gasteiger partial charge in [-0.3, -0.25) is 0 Å². The fourth-order valence-electron chi connectivity index (χ4n) is 3.88. The van der Waals surface area contributed by atoms with E-state index in [2.05, 4.69) is 39.1 Å². The van der Waals surface area contributed by atoms with E-state index in [0.717, 1.165) is 39.0 Å². The first kappa shape index (κ1) is 42.0. The van der Waals surface area contributed by atoms with Crippen LogP contribution in [0.3, 0.4) is 0 Å². The number of para-hydroxylation sites is 2. The van der Waals surface area contributed by atoms with Crippen LogP contribution in [0.25, 0.3) is 21.8 Å². The SMILES string of the molecule is CC.CC.COc1cc2ncnc(Nc3ccccc3)c2cc1OC.Cc1cc2ncnc(Cl)c2cc1C.Nc1ccccc1.O.O. The van der Waals surface area contributed by atoms with Crippen LogP contribution < -0.4 is 20.5 Å². The van der Waals surface area contributed by atoms with Gasteiger partial charge in [-0.25, -0.2) is 19.9 Å². The summed E-state index contributed by atoms with van der Waals surface area (Å²) in [5.74, 6) is 2.03. The number of nitrogens with zero attached hydrogens (tertiary/aromatic N) is 4. The number of nitrogen functional groups attached to an aromatic ring is 1. The Morgan fingerprint density at radius 2 is 1.11 bits per heavy atom. The number of benzene rings is 4. The Balaban J connectivity index is 0.000000697. The molecule has 0 saturated heterocycles. The molecule has 7 N–H and O–H groups in total. The van der Waals surface area contributed by atoms with E-state index < -0.39 is 0 Å². The number of fused-ring (bicyclic) bond motifs is 2. The largest absolute Gasteiger partial charge is 0.493 e. The third kappa shape index (κ3) is 12.4. The molecular formula is C36H47ClN6O4. The number of methoxy groups -OCH3 is 2. The van der Waals surface area contributed by atoms with Gasteiger partial charge >= 0.3 is 0 Å². The number of hydrogen-bond donors (Lipinski definition) is 2. The number of aryl methyl sites for hydroxylation is 2. The lowest BCUT2D eigenvalue weighted by Crippen LogP contribution is -1.97. The molecule has 0 saturated carbocycles. The maximum absolute atomic E-state index is 5.93. The van der Waals surface area contributed by atoms with Crippen LogP contribution in [0.4, 0.5) is 17.2 Å². The second-order valence-electron chi connectivity index (χ2n) is 8.97. The van der Waals surface area contributed by atoms with Crippen LogP contribution in [0.2, 0.25) is 5.15 Å². The van der Waals surface area contributed by atoms with Gasteiger partial charge in [0.05, 0.1) is 25.3 Å². The molecule has 2 aromatic heterocycles. The predicted octanol–water partition coefficient (Wildman–Crippen LogP) is 7.96. The molecule has 252 valence electrons. The molecule has 0 unspecified atom stereocenters. The van der Waals surface area contributed by atoms with Crippen LogP contribution in [0.15, 0.2) is 97.6 Å². The van der Waals surface area contributed by atoms with Crippen molar-refractivity contribution in [2.45, 2.75) is 41.5 Å². The summed E-state index contributed by atoms with van der Waals surface area (Å²) < 4.78 is 10.6. The highest BCUT2D eigenvalue weighted by Gasteiger charge is 2.11. The molecule has 4 aromatic carbocycles. The lowest BCUT2D eigenvalue weighted by atomic mass is 10.1. The van der Waals surface area contributed by atoms with E-state index in [-0.39, 0.29) is 11.0 Å². The lowest BCUT2D eigenvalue weighted by molar-refractivity contribution is 0.356. The van der Waals surface area contributed by atoms with E-state index in [1.165, 1.54) is 23.8 Å². The highest BCUT2D eigenvalue weighted by Crippen LogP contribution is 2.34. The molecule has 0 radical (unpaired) electrons. The van der Waals surface area contributed by atoms with Gasteiger partial charge in [-0.15, -0.1) is 0 Å². The van der Waals surface area contributed by atoms with Gasteiger partial charge in [-0.1, -0.05) is 75.7 Å². The zero-order valence-corrected chi connectivity index (χ0v) is 29.1. The Bertz CT molecular complexity index is 1740. The van der Waals surface area contributed by atoms with Crippen LogP contribution in [0.5, 0.6) is 11.5 Å². The number of anilines is 3. The minimum Gasteiger partial charge on any atom is -0.493 e. The Morgan fingerprint density at radius 1 is 0.617 bits per heavy atom. The molecule has 0 bridgehead atoms. The molecule has 0 atom stereocenters. The summed E-state index contributed by atoms with van der Waals surface area (Å²) in [6.45, 7) is 12.1. The van der Waals surface area contributed by atoms with Crippen molar-refractivity contribution in [1.82, 2.24) is 19.9 Å². The summed E-state index contributed by atoms with van der Waals surface area (Å²) in [5, 5.41) is 5.61. The smallest absolute Gasteiger partial charge is 0.162 e. The average molecular weight is 663 g/mol. The van der Waals surface area contributed by atoms with E-state index in [4.69, 9.17) is 26.8 Å². The second kappa shape index (κ2) is 22.5. The highest BCUT2D eigenvalue weighted by atomic mass is 35.5. The van der Waals surface area contributed by atoms with Gasteiger partial charge in [-0.2, -0.15) is 0 Å². The third-order valence-corrected chi connectivity index (χ3v) is 6.48. The Kier molecular flexibility index (Phi) is 20.1. The first-order chi connectivity index (χ1) is 21.9. The first-order valence-corrected chi connectivity index (χ1v) is 15.1. The maximum Gasteiger partial charge on any atom is 0.162 e. The molecule has 6 aromatic rings. The quantitative estimate of drug-likeness (QED) is 0.141. The summed E-state index contributed by atoms with van der Waals surface area (Å²) in [6.07, 6.45) is 3.01. The second-order valence-corrected chi connectivity index (χ2v) is 9.32. The van der Waals surface area contributed by atoms with Crippen LogP contribution in [-0.2, 0) is 0 Å². The van der Waals surface area contributed by atoms with Crippen LogP contribution in [-0.4, -0.2) is 45.1 Å². The molecule has 0 aliphatic rings. The molecule has 47 heavy (non-hydrogen) atoms. The molecule has 0 aliphatic heterocycles. The molecule has 6 rings (SSSR count). The van der Waals surface area contributed by atoms with Crippen LogP contribution in [0, 0.1) is 13.8 Å². The number of rotatable bonds is 4. The van der Waals surface area contributed by atoms with Crippen molar-refractivity contribution in [3.63, 3.8) is 0 Å². The van der Waals surface area contributed by atoms with Gasteiger partial charge < -0.3 is 31.5 Å². The minimum atomic E-state index is 0. The molecule has 11 heteroatoms. The summed E-state index contributed by atoms with van der Waals surface area (Å²) in [6, 6.07) is 27.1. The van der Waals surface area contributed by atoms with Crippen molar-refractivity contribution in [2.75, 3.05) is 25.3 Å². The van der Waals surface area contributed by atoms with E-state index in [1.54, 1.807) is 14.2 Å². The Hall–Kier alpha value is -5.03. The summed E-state index contributed by atoms with van der Waals surface area (Å²) in [5.41, 5.74) is 11.3. The summed E-state index contributed by atoms with van der Waals surface area (Å²) in [7, 11) is 3.21. The lowest BCUT2D eigenvalue weighted by Gasteiger charge is -2.12. The number of nitrogens with one attached hydrogen (secondary N) is 1. The van der Waals surface area contributed by atoms with Crippen molar-refractivity contribution < 1.29 is 20.4 Å². The standard InChI is InChI=1S/C16H15N3O2.C10H9ClN2.C6H7N.2C2H6.2H2O/c1-20-14-8-12-13(9-15(14)21-2)17-10-18-16(12)19-11-6-4-3-5-7-11;1-6-3-8-9(4-7(6)2)12-5-13-10(8)11;7-6-4-2-1-3-5-6;2*1-2;;/h3-10H,1-2H3,(H,17,18,19);3-5H,1-2H3;1-5H,7H2;2*1-2H3;2*1H2. The predicted molar refractivity (Wildman–Crippen MR) is 197 cm³/mol. The third-order valence-electron chi connectivity index (χ3n) is 6.18. The van der Waals surface area contributed by atoms with Gasteiger partial charge in [0.1, 0.15) is 23.6 Å². The Morgan fingerprint density at radius 3 is 1.64 bits per heavy atom. The van der Waals surface area contributed by atoms with Crippen molar-refractivity contribution in [1.29, 1.82) is 0 Å². The van der Waals surface area contributed by atoms with Crippen molar-refractivity contribution in [3.8, 4) is 11.5 Å². The van der Waals surface area contributed by atoms with E-state index in [1.807, 2.05) is 113 Å². The van der Waals surface area contributed by atoms with Gasteiger partial charge in [-0.05, 0) is 67.4 Å². The molecule has 10 nitrogen and oxygen atoms in total. The molecule has 0 spiro atoms. The number of halogens is 1.